The molecule has 0 saturated carbocycles. The van der Waals surface area contributed by atoms with Crippen molar-refractivity contribution in [3.8, 4) is 0 Å². The number of fused-ring (bicyclic) bond motifs is 3. The number of phosphoric acid groups is 2. The van der Waals surface area contributed by atoms with Gasteiger partial charge in [-0.3, -0.25) is 23.7 Å². The number of imide groups is 1. The van der Waals surface area contributed by atoms with E-state index in [0.717, 1.165) is 17.5 Å². The van der Waals surface area contributed by atoms with Gasteiger partial charge in [0.1, 0.15) is 60.9 Å². The third-order valence-corrected chi connectivity index (χ3v) is 14.4. The van der Waals surface area contributed by atoms with Crippen LogP contribution >= 0.6 is 15.6 Å². The maximum Gasteiger partial charge on any atom is 0.481 e. The van der Waals surface area contributed by atoms with Gasteiger partial charge in [-0.15, -0.1) is 0 Å². The molecule has 340 valence electrons. The predicted molar refractivity (Wildman–Crippen MR) is 215 cm³/mol. The largest absolute Gasteiger partial charge is 0.481 e. The molecule has 13 atom stereocenters. The molecule has 1 spiro atoms. The normalized spacial score (nSPS) is 30.1. The fourth-order valence-corrected chi connectivity index (χ4v) is 10.8. The summed E-state index contributed by atoms with van der Waals surface area (Å²) in [7, 11) is -11.1. The van der Waals surface area contributed by atoms with Gasteiger partial charge in [0.25, 0.3) is 5.91 Å². The van der Waals surface area contributed by atoms with Crippen molar-refractivity contribution in [1.82, 2.24) is 30.2 Å². The van der Waals surface area contributed by atoms with Crippen molar-refractivity contribution in [3.63, 3.8) is 0 Å². The van der Waals surface area contributed by atoms with Crippen molar-refractivity contribution in [2.45, 2.75) is 87.0 Å². The number of nitrogens with two attached hydrogens (primary N) is 1. The Morgan fingerprint density at radius 2 is 1.63 bits per heavy atom. The van der Waals surface area contributed by atoms with Crippen LogP contribution in [0.1, 0.15) is 35.3 Å². The fourth-order valence-electron chi connectivity index (χ4n) is 8.73. The van der Waals surface area contributed by atoms with E-state index in [1.165, 1.54) is 15.8 Å². The lowest BCUT2D eigenvalue weighted by molar-refractivity contribution is -0.128. The number of anilines is 3. The molecule has 2 aromatic carbocycles. The first-order valence-corrected chi connectivity index (χ1v) is 22.4. The summed E-state index contributed by atoms with van der Waals surface area (Å²) in [5, 5.41) is 71.4. The molecular weight excluding hydrogens is 876 g/mol. The molecule has 12 N–H and O–H groups in total. The third-order valence-electron chi connectivity index (χ3n) is 11.8. The highest BCUT2D eigenvalue weighted by molar-refractivity contribution is 7.61. The molecule has 0 radical (unpaired) electrons. The van der Waals surface area contributed by atoms with E-state index >= 15 is 0 Å². The van der Waals surface area contributed by atoms with Crippen molar-refractivity contribution >= 4 is 55.9 Å². The maximum absolute atomic E-state index is 14.3. The fraction of sp³-hybridized carbons (Fsp3) is 0.472. The van der Waals surface area contributed by atoms with Crippen LogP contribution in [0, 0.1) is 13.8 Å². The van der Waals surface area contributed by atoms with E-state index in [1.807, 2.05) is 6.92 Å². The number of benzene rings is 2. The van der Waals surface area contributed by atoms with E-state index in [9.17, 15) is 59.1 Å². The molecule has 25 nitrogen and oxygen atoms in total. The molecule has 3 saturated heterocycles. The quantitative estimate of drug-likeness (QED) is 0.0656. The van der Waals surface area contributed by atoms with Crippen LogP contribution in [0.15, 0.2) is 55.1 Å². The molecule has 4 aliphatic heterocycles. The summed E-state index contributed by atoms with van der Waals surface area (Å²) in [6, 6.07) is 11.5. The number of phosphoric ester groups is 2. The van der Waals surface area contributed by atoms with Crippen LogP contribution in [0.3, 0.4) is 0 Å². The molecule has 27 heteroatoms. The number of nitrogens with one attached hydrogen (secondary N) is 2. The van der Waals surface area contributed by atoms with Gasteiger partial charge in [0.2, 0.25) is 0 Å². The van der Waals surface area contributed by atoms with Crippen molar-refractivity contribution in [2.24, 2.45) is 0 Å². The number of ether oxygens (including phenoxy) is 1. The summed E-state index contributed by atoms with van der Waals surface area (Å²) < 4.78 is 46.2. The summed E-state index contributed by atoms with van der Waals surface area (Å²) >= 11 is 0. The van der Waals surface area contributed by atoms with Crippen LogP contribution in [0.2, 0.25) is 0 Å². The van der Waals surface area contributed by atoms with E-state index < -0.39 is 114 Å². The summed E-state index contributed by atoms with van der Waals surface area (Å²) in [6.07, 6.45) is -12.5. The van der Waals surface area contributed by atoms with E-state index in [-0.39, 0.29) is 23.4 Å². The molecule has 8 rings (SSSR count). The standard InChI is InChI=1S/C36H45N9O16P2/c1-16-8-20-21(9-17(16)2)45-25(48)10-19(18-6-4-3-5-7-18)36(45)33(41-35(53)42-34(36)52)43(20)11-22(46)27(49)23(47)12-58-62(54,55)61-63(56,57)59-13-24-28(50)29(51)32(60-24)44-15-40-26-30(37)38-14-39-31(26)44/h3-9,14-15,19,22-25,27-29,32-33,46-51H,10-13H2,1-2H3,(H,54,55)(H,56,57)(H2,37,38,39)(H2,41,42,52,53)/t19-,22+,23-,24-,25-,27+,28-,29-,32-,33?,36+/m1/s1. The zero-order valence-electron chi connectivity index (χ0n) is 33.3. The molecule has 4 aliphatic rings. The summed E-state index contributed by atoms with van der Waals surface area (Å²) in [4.78, 5) is 62.7. The van der Waals surface area contributed by atoms with Crippen LogP contribution in [0.5, 0.6) is 0 Å². The van der Waals surface area contributed by atoms with Crippen molar-refractivity contribution in [3.05, 3.63) is 71.8 Å². The number of aliphatic hydroxyl groups is 6. The van der Waals surface area contributed by atoms with Crippen LogP contribution in [-0.2, 0) is 32.0 Å². The smallest absolute Gasteiger partial charge is 0.388 e. The Morgan fingerprint density at radius 1 is 0.952 bits per heavy atom. The molecule has 2 aromatic heterocycles. The predicted octanol–water partition coefficient (Wildman–Crippen LogP) is -1.29. The highest BCUT2D eigenvalue weighted by Gasteiger charge is 2.69. The van der Waals surface area contributed by atoms with Gasteiger partial charge in [0.05, 0.1) is 30.9 Å². The number of rotatable bonds is 14. The number of amides is 3. The Hall–Kier alpha value is -4.69. The Labute approximate surface area is 356 Å². The summed E-state index contributed by atoms with van der Waals surface area (Å²) in [6.45, 7) is 0.832. The second kappa shape index (κ2) is 16.7. The highest BCUT2D eigenvalue weighted by atomic mass is 31.3. The number of imidazole rings is 1. The summed E-state index contributed by atoms with van der Waals surface area (Å²) in [5.41, 5.74) is 7.34. The lowest BCUT2D eigenvalue weighted by Crippen LogP contribution is -2.81. The monoisotopic (exact) mass is 921 g/mol. The van der Waals surface area contributed by atoms with Crippen molar-refractivity contribution in [1.29, 1.82) is 0 Å². The number of carbonyl (C=O) groups is 2. The minimum absolute atomic E-state index is 0.0257. The SMILES string of the molecule is Cc1cc2c(cc1C)N1[C@H](O)C[C@H](c3ccccc3)[C@]13C(=O)NC(=O)NC3N2C[C@H](O)[C@H](O)[C@H](O)COP(=O)(O)OP(=O)(O)OC[C@H]1O[C@@H](n2cnc3c(N)ncnc32)[C@H](O)[C@@H]1O. The third kappa shape index (κ3) is 7.97. The minimum Gasteiger partial charge on any atom is -0.388 e. The molecule has 3 unspecified atom stereocenters. The van der Waals surface area contributed by atoms with Crippen LogP contribution in [0.4, 0.5) is 22.0 Å². The molecule has 6 heterocycles. The van der Waals surface area contributed by atoms with Gasteiger partial charge in [-0.2, -0.15) is 4.31 Å². The average molecular weight is 922 g/mol. The molecule has 0 aliphatic carbocycles. The van der Waals surface area contributed by atoms with Gasteiger partial charge in [-0.05, 0) is 42.7 Å². The second-order valence-corrected chi connectivity index (χ2v) is 18.7. The lowest BCUT2D eigenvalue weighted by atomic mass is 9.73. The number of nitrogens with zero attached hydrogens (tertiary/aromatic N) is 6. The average Bonchev–Trinajstić information content (AvgIpc) is 3.89. The van der Waals surface area contributed by atoms with Crippen LogP contribution < -0.4 is 26.2 Å². The number of β-amino-alcohol motifs (C(OH)–C–C–N with tert-alkyl or cyclic N) is 1. The Morgan fingerprint density at radius 3 is 2.35 bits per heavy atom. The number of aryl methyl sites for hydroxylation is 2. The van der Waals surface area contributed by atoms with Crippen molar-refractivity contribution in [2.75, 3.05) is 35.3 Å². The number of hydrogen-bond donors (Lipinski definition) is 11. The van der Waals surface area contributed by atoms with Crippen LogP contribution in [0.25, 0.3) is 11.2 Å². The topological polar surface area (TPSA) is 367 Å². The van der Waals surface area contributed by atoms with E-state index in [1.54, 1.807) is 54.3 Å². The highest BCUT2D eigenvalue weighted by Crippen LogP contribution is 2.61. The number of aromatic nitrogens is 4. The van der Waals surface area contributed by atoms with Gasteiger partial charge < -0.3 is 66.0 Å². The number of nitrogen functional groups attached to an aromatic ring is 1. The van der Waals surface area contributed by atoms with Gasteiger partial charge in [-0.1, -0.05) is 30.3 Å². The molecule has 63 heavy (non-hydrogen) atoms. The first-order valence-electron chi connectivity index (χ1n) is 19.4. The molecule has 3 amide bonds. The molecule has 4 aromatic rings. The van der Waals surface area contributed by atoms with Gasteiger partial charge in [-0.25, -0.2) is 28.9 Å². The van der Waals surface area contributed by atoms with E-state index in [0.29, 0.717) is 16.9 Å². The Bertz CT molecular complexity index is 2510. The zero-order chi connectivity index (χ0) is 45.3. The number of urea groups is 1. The Kier molecular flexibility index (Phi) is 11.9. The molecule has 3 fully saturated rings. The van der Waals surface area contributed by atoms with Crippen LogP contribution in [-0.4, -0.2) is 146 Å². The second-order valence-electron chi connectivity index (χ2n) is 15.6. The summed E-state index contributed by atoms with van der Waals surface area (Å²) in [5.74, 6) is -1.43. The maximum atomic E-state index is 14.3. The van der Waals surface area contributed by atoms with Gasteiger partial charge >= 0.3 is 21.7 Å². The number of aliphatic hydroxyl groups excluding tert-OH is 6. The van der Waals surface area contributed by atoms with Gasteiger partial charge in [0, 0.05) is 18.9 Å². The first kappa shape index (κ1) is 44.9. The molecular formula is C36H45N9O16P2. The molecule has 0 bridgehead atoms. The van der Waals surface area contributed by atoms with Gasteiger partial charge in [0.15, 0.2) is 23.2 Å². The lowest BCUT2D eigenvalue weighted by Gasteiger charge is -2.58. The zero-order valence-corrected chi connectivity index (χ0v) is 35.1. The van der Waals surface area contributed by atoms with Crippen molar-refractivity contribution < 1.29 is 77.2 Å². The Balaban J connectivity index is 0.940. The number of hydrogen-bond acceptors (Lipinski definition) is 20. The first-order chi connectivity index (χ1) is 29.7. The van der Waals surface area contributed by atoms with E-state index in [2.05, 4.69) is 34.4 Å². The van der Waals surface area contributed by atoms with E-state index in [4.69, 9.17) is 15.0 Å². The number of carbonyl (C=O) groups excluding carboxylic acids is 2. The minimum atomic E-state index is -5.60.